The van der Waals surface area contributed by atoms with Crippen LogP contribution in [0.3, 0.4) is 0 Å². The third-order valence-electron chi connectivity index (χ3n) is 2.17. The van der Waals surface area contributed by atoms with Gasteiger partial charge in [-0.15, -0.1) is 0 Å². The highest BCUT2D eigenvalue weighted by Gasteiger charge is 2.08. The van der Waals surface area contributed by atoms with Crippen LogP contribution in [0.2, 0.25) is 0 Å². The minimum Gasteiger partial charge on any atom is -0.396 e. The van der Waals surface area contributed by atoms with Gasteiger partial charge in [0, 0.05) is 20.5 Å². The lowest BCUT2D eigenvalue weighted by molar-refractivity contribution is 1.38. The molecule has 0 saturated carbocycles. The highest BCUT2D eigenvalue weighted by molar-refractivity contribution is 14.1. The van der Waals surface area contributed by atoms with Gasteiger partial charge in [0.25, 0.3) is 0 Å². The SMILES string of the molecule is CNc1c(N)cnc2c(Br)cc(I)cc12. The van der Waals surface area contributed by atoms with E-state index >= 15 is 0 Å². The zero-order valence-electron chi connectivity index (χ0n) is 8.01. The maximum Gasteiger partial charge on any atom is 0.0867 e. The van der Waals surface area contributed by atoms with E-state index in [0.717, 1.165) is 24.6 Å². The topological polar surface area (TPSA) is 50.9 Å². The lowest BCUT2D eigenvalue weighted by Crippen LogP contribution is -1.98. The third kappa shape index (κ3) is 1.90. The second-order valence-corrected chi connectivity index (χ2v) is 5.22. The average Bonchev–Trinajstić information content (AvgIpc) is 2.17. The molecule has 0 amide bonds. The van der Waals surface area contributed by atoms with Crippen LogP contribution in [0, 0.1) is 3.57 Å². The summed E-state index contributed by atoms with van der Waals surface area (Å²) >= 11 is 5.77. The van der Waals surface area contributed by atoms with Gasteiger partial charge < -0.3 is 11.1 Å². The lowest BCUT2D eigenvalue weighted by Gasteiger charge is -2.10. The Hall–Kier alpha value is -0.560. The second-order valence-electron chi connectivity index (χ2n) is 3.12. The minimum absolute atomic E-state index is 0.666. The molecule has 1 aromatic carbocycles. The van der Waals surface area contributed by atoms with E-state index in [4.69, 9.17) is 5.73 Å². The zero-order valence-corrected chi connectivity index (χ0v) is 11.8. The van der Waals surface area contributed by atoms with E-state index < -0.39 is 0 Å². The molecule has 0 radical (unpaired) electrons. The molecule has 0 saturated heterocycles. The number of rotatable bonds is 1. The fourth-order valence-corrected chi connectivity index (χ4v) is 3.13. The molecule has 15 heavy (non-hydrogen) atoms. The van der Waals surface area contributed by atoms with Gasteiger partial charge >= 0.3 is 0 Å². The number of fused-ring (bicyclic) bond motifs is 1. The predicted molar refractivity (Wildman–Crippen MR) is 76.1 cm³/mol. The number of nitrogens with zero attached hydrogens (tertiary/aromatic N) is 1. The minimum atomic E-state index is 0.666. The van der Waals surface area contributed by atoms with E-state index in [9.17, 15) is 0 Å². The summed E-state index contributed by atoms with van der Waals surface area (Å²) in [6.45, 7) is 0. The maximum atomic E-state index is 5.85. The van der Waals surface area contributed by atoms with Crippen molar-refractivity contribution in [3.63, 3.8) is 0 Å². The van der Waals surface area contributed by atoms with E-state index in [1.165, 1.54) is 0 Å². The number of nitrogens with two attached hydrogens (primary N) is 1. The molecule has 0 aliphatic heterocycles. The summed E-state index contributed by atoms with van der Waals surface area (Å²) in [6, 6.07) is 4.10. The number of anilines is 2. The summed E-state index contributed by atoms with van der Waals surface area (Å²) in [5, 5.41) is 4.14. The summed E-state index contributed by atoms with van der Waals surface area (Å²) < 4.78 is 2.14. The molecular weight excluding hydrogens is 369 g/mol. The van der Waals surface area contributed by atoms with Gasteiger partial charge in [-0.3, -0.25) is 4.98 Å². The van der Waals surface area contributed by atoms with Gasteiger partial charge in [-0.2, -0.15) is 0 Å². The smallest absolute Gasteiger partial charge is 0.0867 e. The Kier molecular flexibility index (Phi) is 3.01. The molecule has 3 nitrogen and oxygen atoms in total. The number of pyridine rings is 1. The van der Waals surface area contributed by atoms with E-state index in [1.54, 1.807) is 6.20 Å². The van der Waals surface area contributed by atoms with Crippen LogP contribution >= 0.6 is 38.5 Å². The molecule has 5 heteroatoms. The molecule has 0 aliphatic carbocycles. The Labute approximate surface area is 110 Å². The highest BCUT2D eigenvalue weighted by atomic mass is 127. The van der Waals surface area contributed by atoms with Crippen LogP contribution in [0.4, 0.5) is 11.4 Å². The number of hydrogen-bond donors (Lipinski definition) is 2. The van der Waals surface area contributed by atoms with Crippen LogP contribution in [-0.2, 0) is 0 Å². The van der Waals surface area contributed by atoms with Crippen molar-refractivity contribution >= 4 is 60.8 Å². The van der Waals surface area contributed by atoms with Crippen molar-refractivity contribution in [3.05, 3.63) is 26.4 Å². The molecule has 0 unspecified atom stereocenters. The van der Waals surface area contributed by atoms with E-state index in [-0.39, 0.29) is 0 Å². The van der Waals surface area contributed by atoms with Crippen LogP contribution in [0.25, 0.3) is 10.9 Å². The monoisotopic (exact) mass is 377 g/mol. The molecule has 1 heterocycles. The first-order valence-corrected chi connectivity index (χ1v) is 6.21. The first-order chi connectivity index (χ1) is 7.13. The van der Waals surface area contributed by atoms with Crippen LogP contribution in [0.5, 0.6) is 0 Å². The second kappa shape index (κ2) is 4.13. The largest absolute Gasteiger partial charge is 0.396 e. The standard InChI is InChI=1S/C10H9BrIN3/c1-14-10-6-2-5(12)3-7(11)9(6)15-4-8(10)13/h2-4H,13H2,1H3,(H,14,15). The van der Waals surface area contributed by atoms with Crippen LogP contribution in [0.15, 0.2) is 22.8 Å². The van der Waals surface area contributed by atoms with Gasteiger partial charge in [0.15, 0.2) is 0 Å². The molecule has 0 fully saturated rings. The van der Waals surface area contributed by atoms with Gasteiger partial charge in [0.1, 0.15) is 0 Å². The molecule has 78 valence electrons. The zero-order chi connectivity index (χ0) is 11.0. The summed E-state index contributed by atoms with van der Waals surface area (Å²) in [5.41, 5.74) is 8.38. The molecule has 0 atom stereocenters. The number of nitrogens with one attached hydrogen (secondary N) is 1. The molecule has 0 aliphatic rings. The molecule has 3 N–H and O–H groups in total. The summed E-state index contributed by atoms with van der Waals surface area (Å²) in [5.74, 6) is 0. The molecule has 2 rings (SSSR count). The number of aromatic nitrogens is 1. The number of hydrogen-bond acceptors (Lipinski definition) is 3. The lowest BCUT2D eigenvalue weighted by atomic mass is 10.1. The first kappa shape index (κ1) is 10.9. The van der Waals surface area contributed by atoms with Crippen molar-refractivity contribution in [2.45, 2.75) is 0 Å². The Bertz CT molecular complexity index is 528. The highest BCUT2D eigenvalue weighted by Crippen LogP contribution is 2.32. The van der Waals surface area contributed by atoms with Crippen molar-refractivity contribution in [2.24, 2.45) is 0 Å². The molecule has 0 spiro atoms. The molecule has 0 bridgehead atoms. The number of benzene rings is 1. The van der Waals surface area contributed by atoms with Crippen LogP contribution < -0.4 is 11.1 Å². The summed E-state index contributed by atoms with van der Waals surface area (Å²) in [7, 11) is 1.86. The van der Waals surface area contributed by atoms with E-state index in [2.05, 4.69) is 54.9 Å². The summed E-state index contributed by atoms with van der Waals surface area (Å²) in [4.78, 5) is 4.31. The van der Waals surface area contributed by atoms with Crippen molar-refractivity contribution in [3.8, 4) is 0 Å². The Balaban J connectivity index is 2.91. The van der Waals surface area contributed by atoms with Crippen LogP contribution in [-0.4, -0.2) is 12.0 Å². The number of nitrogen functional groups attached to an aromatic ring is 1. The van der Waals surface area contributed by atoms with Gasteiger partial charge in [-0.05, 0) is 50.7 Å². The van der Waals surface area contributed by atoms with Gasteiger partial charge in [0.05, 0.1) is 23.1 Å². The average molecular weight is 378 g/mol. The quantitative estimate of drug-likeness (QED) is 0.750. The molecule has 1 aromatic heterocycles. The van der Waals surface area contributed by atoms with Gasteiger partial charge in [-0.25, -0.2) is 0 Å². The summed E-state index contributed by atoms with van der Waals surface area (Å²) in [6.07, 6.45) is 1.67. The Morgan fingerprint density at radius 3 is 2.87 bits per heavy atom. The predicted octanol–water partition coefficient (Wildman–Crippen LogP) is 3.23. The Morgan fingerprint density at radius 2 is 2.20 bits per heavy atom. The molecule has 2 aromatic rings. The fraction of sp³-hybridized carbons (Fsp3) is 0.100. The number of halogens is 2. The first-order valence-electron chi connectivity index (χ1n) is 4.34. The fourth-order valence-electron chi connectivity index (χ4n) is 1.52. The molecular formula is C10H9BrIN3. The van der Waals surface area contributed by atoms with Crippen LogP contribution in [0.1, 0.15) is 0 Å². The van der Waals surface area contributed by atoms with Crippen molar-refractivity contribution in [2.75, 3.05) is 18.1 Å². The normalized spacial score (nSPS) is 10.6. The van der Waals surface area contributed by atoms with Crippen molar-refractivity contribution in [1.29, 1.82) is 0 Å². The van der Waals surface area contributed by atoms with Crippen molar-refractivity contribution < 1.29 is 0 Å². The third-order valence-corrected chi connectivity index (χ3v) is 3.40. The van der Waals surface area contributed by atoms with E-state index in [1.807, 2.05) is 13.1 Å². The Morgan fingerprint density at radius 1 is 1.47 bits per heavy atom. The van der Waals surface area contributed by atoms with Gasteiger partial charge in [0.2, 0.25) is 0 Å². The van der Waals surface area contributed by atoms with Gasteiger partial charge in [-0.1, -0.05) is 0 Å². The van der Waals surface area contributed by atoms with Crippen molar-refractivity contribution in [1.82, 2.24) is 4.98 Å². The van der Waals surface area contributed by atoms with E-state index in [0.29, 0.717) is 5.69 Å². The maximum absolute atomic E-state index is 5.85.